The van der Waals surface area contributed by atoms with E-state index >= 15 is 0 Å². The monoisotopic (exact) mass is 345 g/mol. The molecule has 0 N–H and O–H groups in total. The summed E-state index contributed by atoms with van der Waals surface area (Å²) >= 11 is 0. The van der Waals surface area contributed by atoms with Gasteiger partial charge in [0, 0.05) is 26.4 Å². The Morgan fingerprint density at radius 3 is 2.13 bits per heavy atom. The van der Waals surface area contributed by atoms with Crippen molar-refractivity contribution < 1.29 is 28.1 Å². The van der Waals surface area contributed by atoms with Crippen LogP contribution in [-0.4, -0.2) is 37.4 Å². The predicted octanol–water partition coefficient (Wildman–Crippen LogP) is 3.26. The third kappa shape index (κ3) is 5.42. The van der Waals surface area contributed by atoms with Gasteiger partial charge < -0.3 is 13.8 Å². The molecule has 1 atom stereocenters. The van der Waals surface area contributed by atoms with E-state index in [0.29, 0.717) is 0 Å². The average Bonchev–Trinajstić information content (AvgIpc) is 2.53. The molecule has 9 heteroatoms. The number of carbonyl (C=O) groups is 1. The van der Waals surface area contributed by atoms with Crippen LogP contribution in [0.25, 0.3) is 0 Å². The summed E-state index contributed by atoms with van der Waals surface area (Å²) in [6, 6.07) is 5.06. The van der Waals surface area contributed by atoms with Gasteiger partial charge in [-0.1, -0.05) is 13.8 Å². The van der Waals surface area contributed by atoms with Crippen molar-refractivity contribution in [2.75, 3.05) is 20.4 Å². The Morgan fingerprint density at radius 2 is 1.74 bits per heavy atom. The maximum atomic E-state index is 12.2. The van der Waals surface area contributed by atoms with E-state index in [4.69, 9.17) is 13.8 Å². The Labute approximate surface area is 134 Å². The SMILES string of the molecule is COP(=O)(C[C@@H](OC(=O)c1ccc([N+](=O)[O-])cc1)C(C)C)OC. The van der Waals surface area contributed by atoms with Crippen LogP contribution in [0.15, 0.2) is 24.3 Å². The molecule has 0 aliphatic heterocycles. The molecule has 0 amide bonds. The lowest BCUT2D eigenvalue weighted by Crippen LogP contribution is -2.28. The van der Waals surface area contributed by atoms with Crippen LogP contribution in [0.2, 0.25) is 0 Å². The van der Waals surface area contributed by atoms with Gasteiger partial charge in [0.15, 0.2) is 0 Å². The molecule has 0 fully saturated rings. The van der Waals surface area contributed by atoms with Crippen molar-refractivity contribution in [1.82, 2.24) is 0 Å². The molecule has 0 aliphatic rings. The number of carbonyl (C=O) groups excluding carboxylic acids is 1. The van der Waals surface area contributed by atoms with Gasteiger partial charge in [-0.3, -0.25) is 14.7 Å². The second-order valence-corrected chi connectivity index (χ2v) is 7.47. The molecule has 0 spiro atoms. The first-order chi connectivity index (χ1) is 10.7. The fourth-order valence-corrected chi connectivity index (χ4v) is 3.14. The first-order valence-corrected chi connectivity index (χ1v) is 8.61. The lowest BCUT2D eigenvalue weighted by molar-refractivity contribution is -0.384. The molecule has 23 heavy (non-hydrogen) atoms. The van der Waals surface area contributed by atoms with Gasteiger partial charge in [0.25, 0.3) is 5.69 Å². The topological polar surface area (TPSA) is 105 Å². The van der Waals surface area contributed by atoms with Gasteiger partial charge in [0.05, 0.1) is 16.6 Å². The standard InChI is InChI=1S/C14H20NO7P/c1-10(2)13(9-23(19,20-3)21-4)22-14(16)11-5-7-12(8-6-11)15(17)18/h5-8,10,13H,9H2,1-4H3/t13-/m1/s1. The molecule has 0 aliphatic carbocycles. The number of non-ortho nitro benzene ring substituents is 1. The molecule has 1 aromatic carbocycles. The van der Waals surface area contributed by atoms with Crippen LogP contribution in [0.4, 0.5) is 5.69 Å². The second kappa shape index (κ2) is 8.19. The van der Waals surface area contributed by atoms with Crippen LogP contribution in [0.5, 0.6) is 0 Å². The lowest BCUT2D eigenvalue weighted by Gasteiger charge is -2.24. The third-order valence-electron chi connectivity index (χ3n) is 3.28. The number of nitro benzene ring substituents is 1. The van der Waals surface area contributed by atoms with E-state index in [1.165, 1.54) is 38.5 Å². The second-order valence-electron chi connectivity index (χ2n) is 5.15. The molecule has 0 unspecified atom stereocenters. The van der Waals surface area contributed by atoms with E-state index in [1.54, 1.807) is 0 Å². The maximum absolute atomic E-state index is 12.2. The average molecular weight is 345 g/mol. The highest BCUT2D eigenvalue weighted by Gasteiger charge is 2.31. The molecule has 128 valence electrons. The molecule has 0 heterocycles. The summed E-state index contributed by atoms with van der Waals surface area (Å²) in [5.41, 5.74) is 0.0520. The van der Waals surface area contributed by atoms with E-state index in [1.807, 2.05) is 13.8 Å². The van der Waals surface area contributed by atoms with Gasteiger partial charge in [-0.25, -0.2) is 4.79 Å². The van der Waals surface area contributed by atoms with E-state index in [2.05, 4.69) is 0 Å². The molecular weight excluding hydrogens is 325 g/mol. The number of benzene rings is 1. The quantitative estimate of drug-likeness (QED) is 0.308. The summed E-state index contributed by atoms with van der Waals surface area (Å²) in [4.78, 5) is 22.2. The molecule has 0 bridgehead atoms. The Bertz CT molecular complexity index is 592. The fourth-order valence-electron chi connectivity index (χ4n) is 1.75. The van der Waals surface area contributed by atoms with Crippen LogP contribution in [-0.2, 0) is 18.3 Å². The summed E-state index contributed by atoms with van der Waals surface area (Å²) in [7, 11) is -0.799. The fraction of sp³-hybridized carbons (Fsp3) is 0.500. The van der Waals surface area contributed by atoms with Gasteiger partial charge in [-0.05, 0) is 18.1 Å². The first-order valence-electron chi connectivity index (χ1n) is 6.88. The summed E-state index contributed by atoms with van der Waals surface area (Å²) < 4.78 is 27.3. The van der Waals surface area contributed by atoms with Gasteiger partial charge in [-0.2, -0.15) is 0 Å². The number of ether oxygens (including phenoxy) is 1. The van der Waals surface area contributed by atoms with E-state index in [9.17, 15) is 19.5 Å². The van der Waals surface area contributed by atoms with Crippen LogP contribution < -0.4 is 0 Å². The van der Waals surface area contributed by atoms with Crippen molar-refractivity contribution in [3.63, 3.8) is 0 Å². The van der Waals surface area contributed by atoms with Crippen LogP contribution in [0.3, 0.4) is 0 Å². The van der Waals surface area contributed by atoms with E-state index in [0.717, 1.165) is 0 Å². The van der Waals surface area contributed by atoms with Crippen molar-refractivity contribution in [3.8, 4) is 0 Å². The van der Waals surface area contributed by atoms with Crippen molar-refractivity contribution >= 4 is 19.3 Å². The Morgan fingerprint density at radius 1 is 1.22 bits per heavy atom. The smallest absolute Gasteiger partial charge is 0.338 e. The zero-order valence-corrected chi connectivity index (χ0v) is 14.3. The third-order valence-corrected chi connectivity index (χ3v) is 5.20. The largest absolute Gasteiger partial charge is 0.458 e. The molecule has 8 nitrogen and oxygen atoms in total. The zero-order valence-electron chi connectivity index (χ0n) is 13.4. The highest BCUT2D eigenvalue weighted by Crippen LogP contribution is 2.48. The maximum Gasteiger partial charge on any atom is 0.338 e. The number of nitrogens with zero attached hydrogens (tertiary/aromatic N) is 1. The number of esters is 1. The molecule has 0 saturated carbocycles. The highest BCUT2D eigenvalue weighted by molar-refractivity contribution is 7.53. The van der Waals surface area contributed by atoms with Crippen molar-refractivity contribution in [3.05, 3.63) is 39.9 Å². The first kappa shape index (κ1) is 19.3. The summed E-state index contributed by atoms with van der Waals surface area (Å²) in [6.45, 7) is 3.62. The number of rotatable bonds is 8. The molecule has 0 aromatic heterocycles. The van der Waals surface area contributed by atoms with E-state index < -0.39 is 24.6 Å². The summed E-state index contributed by atoms with van der Waals surface area (Å²) in [5.74, 6) is -0.770. The van der Waals surface area contributed by atoms with Crippen LogP contribution in [0, 0.1) is 16.0 Å². The van der Waals surface area contributed by atoms with Gasteiger partial charge >= 0.3 is 13.6 Å². The normalized spacial score (nSPS) is 12.9. The van der Waals surface area contributed by atoms with Gasteiger partial charge in [-0.15, -0.1) is 0 Å². The van der Waals surface area contributed by atoms with Crippen molar-refractivity contribution in [2.45, 2.75) is 20.0 Å². The zero-order chi connectivity index (χ0) is 17.6. The predicted molar refractivity (Wildman–Crippen MR) is 83.6 cm³/mol. The van der Waals surface area contributed by atoms with Gasteiger partial charge in [0.1, 0.15) is 6.10 Å². The number of hydrogen-bond donors (Lipinski definition) is 0. The van der Waals surface area contributed by atoms with Gasteiger partial charge in [0.2, 0.25) is 0 Å². The Balaban J connectivity index is 2.85. The van der Waals surface area contributed by atoms with Crippen LogP contribution >= 0.6 is 7.60 Å². The van der Waals surface area contributed by atoms with E-state index in [-0.39, 0.29) is 23.3 Å². The summed E-state index contributed by atoms with van der Waals surface area (Å²) in [5, 5.41) is 10.6. The molecule has 1 aromatic rings. The Kier molecular flexibility index (Phi) is 6.87. The molecule has 1 rings (SSSR count). The molecule has 0 saturated heterocycles. The minimum atomic E-state index is -3.33. The van der Waals surface area contributed by atoms with Crippen molar-refractivity contribution in [2.24, 2.45) is 5.92 Å². The lowest BCUT2D eigenvalue weighted by atomic mass is 10.1. The minimum Gasteiger partial charge on any atom is -0.458 e. The van der Waals surface area contributed by atoms with Crippen LogP contribution in [0.1, 0.15) is 24.2 Å². The van der Waals surface area contributed by atoms with Crippen molar-refractivity contribution in [1.29, 1.82) is 0 Å². The minimum absolute atomic E-state index is 0.0730. The molecule has 0 radical (unpaired) electrons. The summed E-state index contributed by atoms with van der Waals surface area (Å²) in [6.07, 6.45) is -0.750. The molecular formula is C14H20NO7P. The number of hydrogen-bond acceptors (Lipinski definition) is 7. The Hall–Kier alpha value is -1.76. The highest BCUT2D eigenvalue weighted by atomic mass is 31.2. The number of nitro groups is 1.